The molecule has 1 heterocycles. The predicted molar refractivity (Wildman–Crippen MR) is 64.0 cm³/mol. The van der Waals surface area contributed by atoms with E-state index in [4.69, 9.17) is 10.5 Å². The van der Waals surface area contributed by atoms with Gasteiger partial charge in [-0.25, -0.2) is 0 Å². The third-order valence-electron chi connectivity index (χ3n) is 3.48. The molecular weight excluding hydrogens is 204 g/mol. The summed E-state index contributed by atoms with van der Waals surface area (Å²) in [6.45, 7) is 8.21. The molecule has 3 atom stereocenters. The van der Waals surface area contributed by atoms with E-state index in [1.807, 2.05) is 0 Å². The summed E-state index contributed by atoms with van der Waals surface area (Å²) in [6, 6.07) is 0.600. The van der Waals surface area contributed by atoms with Crippen LogP contribution in [0.1, 0.15) is 33.6 Å². The SMILES string of the molecule is COC(=O)C(C)(N)CCN1CC(C)CC1C. The van der Waals surface area contributed by atoms with E-state index < -0.39 is 5.54 Å². The number of rotatable bonds is 4. The number of esters is 1. The molecule has 0 bridgehead atoms. The molecule has 2 N–H and O–H groups in total. The summed E-state index contributed by atoms with van der Waals surface area (Å²) in [4.78, 5) is 13.8. The van der Waals surface area contributed by atoms with Crippen LogP contribution in [0.4, 0.5) is 0 Å². The molecule has 3 unspecified atom stereocenters. The number of nitrogens with zero attached hydrogens (tertiary/aromatic N) is 1. The van der Waals surface area contributed by atoms with Crippen LogP contribution in [0.3, 0.4) is 0 Å². The fraction of sp³-hybridized carbons (Fsp3) is 0.917. The molecular formula is C12H24N2O2. The van der Waals surface area contributed by atoms with E-state index in [1.165, 1.54) is 13.5 Å². The molecule has 16 heavy (non-hydrogen) atoms. The summed E-state index contributed by atoms with van der Waals surface area (Å²) in [5.74, 6) is 0.421. The minimum Gasteiger partial charge on any atom is -0.468 e. The number of nitrogens with two attached hydrogens (primary N) is 1. The summed E-state index contributed by atoms with van der Waals surface area (Å²) >= 11 is 0. The van der Waals surface area contributed by atoms with Gasteiger partial charge in [0.15, 0.2) is 0 Å². The fourth-order valence-corrected chi connectivity index (χ4v) is 2.41. The summed E-state index contributed by atoms with van der Waals surface area (Å²) in [7, 11) is 1.38. The molecule has 0 aliphatic carbocycles. The Morgan fingerprint density at radius 2 is 2.19 bits per heavy atom. The van der Waals surface area contributed by atoms with Gasteiger partial charge in [0.25, 0.3) is 0 Å². The van der Waals surface area contributed by atoms with E-state index in [0.29, 0.717) is 12.5 Å². The van der Waals surface area contributed by atoms with Crippen LogP contribution in [0, 0.1) is 5.92 Å². The quantitative estimate of drug-likeness (QED) is 0.729. The number of likely N-dealkylation sites (tertiary alicyclic amines) is 1. The summed E-state index contributed by atoms with van der Waals surface area (Å²) in [5.41, 5.74) is 5.07. The van der Waals surface area contributed by atoms with Crippen molar-refractivity contribution >= 4 is 5.97 Å². The maximum atomic E-state index is 11.4. The van der Waals surface area contributed by atoms with E-state index in [-0.39, 0.29) is 5.97 Å². The minimum atomic E-state index is -0.861. The van der Waals surface area contributed by atoms with Crippen LogP contribution in [-0.4, -0.2) is 42.6 Å². The first kappa shape index (κ1) is 13.5. The molecule has 1 aliphatic rings. The van der Waals surface area contributed by atoms with Gasteiger partial charge in [-0.1, -0.05) is 6.92 Å². The van der Waals surface area contributed by atoms with Crippen molar-refractivity contribution in [2.75, 3.05) is 20.2 Å². The van der Waals surface area contributed by atoms with Crippen molar-refractivity contribution in [1.82, 2.24) is 4.90 Å². The fourth-order valence-electron chi connectivity index (χ4n) is 2.41. The van der Waals surface area contributed by atoms with Crippen molar-refractivity contribution in [3.05, 3.63) is 0 Å². The number of carbonyl (C=O) groups excluding carboxylic acids is 1. The Morgan fingerprint density at radius 1 is 1.56 bits per heavy atom. The lowest BCUT2D eigenvalue weighted by atomic mass is 9.99. The Balaban J connectivity index is 2.42. The van der Waals surface area contributed by atoms with E-state index in [2.05, 4.69) is 18.7 Å². The second-order valence-electron chi connectivity index (χ2n) is 5.34. The third-order valence-corrected chi connectivity index (χ3v) is 3.48. The highest BCUT2D eigenvalue weighted by Crippen LogP contribution is 2.23. The van der Waals surface area contributed by atoms with Crippen molar-refractivity contribution in [3.63, 3.8) is 0 Å². The largest absolute Gasteiger partial charge is 0.468 e. The van der Waals surface area contributed by atoms with Gasteiger partial charge in [0.2, 0.25) is 0 Å². The maximum Gasteiger partial charge on any atom is 0.325 e. The van der Waals surface area contributed by atoms with Gasteiger partial charge in [0, 0.05) is 19.1 Å². The van der Waals surface area contributed by atoms with Crippen LogP contribution in [0.5, 0.6) is 0 Å². The van der Waals surface area contributed by atoms with Gasteiger partial charge >= 0.3 is 5.97 Å². The Labute approximate surface area is 98.1 Å². The van der Waals surface area contributed by atoms with Crippen molar-refractivity contribution in [1.29, 1.82) is 0 Å². The molecule has 0 aromatic heterocycles. The zero-order valence-electron chi connectivity index (χ0n) is 10.8. The first-order valence-corrected chi connectivity index (χ1v) is 5.98. The van der Waals surface area contributed by atoms with Crippen LogP contribution in [-0.2, 0) is 9.53 Å². The predicted octanol–water partition coefficient (Wildman–Crippen LogP) is 0.997. The molecule has 4 heteroatoms. The zero-order valence-corrected chi connectivity index (χ0v) is 10.8. The van der Waals surface area contributed by atoms with Crippen LogP contribution >= 0.6 is 0 Å². The summed E-state index contributed by atoms with van der Waals surface area (Å²) in [5, 5.41) is 0. The first-order valence-electron chi connectivity index (χ1n) is 5.98. The molecule has 1 aliphatic heterocycles. The highest BCUT2D eigenvalue weighted by molar-refractivity contribution is 5.79. The molecule has 94 valence electrons. The van der Waals surface area contributed by atoms with Gasteiger partial charge in [0.05, 0.1) is 7.11 Å². The summed E-state index contributed by atoms with van der Waals surface area (Å²) < 4.78 is 4.70. The van der Waals surface area contributed by atoms with Crippen molar-refractivity contribution in [2.45, 2.75) is 45.2 Å². The Bertz CT molecular complexity index is 253. The molecule has 0 spiro atoms. The average Bonchev–Trinajstić information content (AvgIpc) is 2.53. The number of carbonyl (C=O) groups is 1. The summed E-state index contributed by atoms with van der Waals surface area (Å²) in [6.07, 6.45) is 1.89. The molecule has 0 aromatic rings. The van der Waals surface area contributed by atoms with Crippen LogP contribution in [0.2, 0.25) is 0 Å². The van der Waals surface area contributed by atoms with E-state index >= 15 is 0 Å². The third kappa shape index (κ3) is 3.19. The topological polar surface area (TPSA) is 55.6 Å². The van der Waals surface area contributed by atoms with Crippen molar-refractivity contribution in [3.8, 4) is 0 Å². The Hall–Kier alpha value is -0.610. The van der Waals surface area contributed by atoms with Crippen LogP contribution in [0.25, 0.3) is 0 Å². The molecule has 0 aromatic carbocycles. The van der Waals surface area contributed by atoms with Gasteiger partial charge in [-0.3, -0.25) is 4.79 Å². The number of methoxy groups -OCH3 is 1. The normalized spacial score (nSPS) is 30.1. The lowest BCUT2D eigenvalue weighted by Gasteiger charge is -2.27. The lowest BCUT2D eigenvalue weighted by Crippen LogP contribution is -2.48. The van der Waals surface area contributed by atoms with Gasteiger partial charge in [-0.2, -0.15) is 0 Å². The van der Waals surface area contributed by atoms with E-state index in [0.717, 1.165) is 19.0 Å². The van der Waals surface area contributed by atoms with Gasteiger partial charge in [-0.15, -0.1) is 0 Å². The second-order valence-corrected chi connectivity index (χ2v) is 5.34. The highest BCUT2D eigenvalue weighted by Gasteiger charge is 2.32. The van der Waals surface area contributed by atoms with Crippen molar-refractivity contribution in [2.24, 2.45) is 11.7 Å². The molecule has 0 saturated carbocycles. The monoisotopic (exact) mass is 228 g/mol. The van der Waals surface area contributed by atoms with E-state index in [1.54, 1.807) is 6.92 Å². The maximum absolute atomic E-state index is 11.4. The molecule has 0 radical (unpaired) electrons. The zero-order chi connectivity index (χ0) is 12.3. The average molecular weight is 228 g/mol. The number of ether oxygens (including phenoxy) is 1. The highest BCUT2D eigenvalue weighted by atomic mass is 16.5. The molecule has 4 nitrogen and oxygen atoms in total. The van der Waals surface area contributed by atoms with Gasteiger partial charge in [-0.05, 0) is 32.6 Å². The second kappa shape index (κ2) is 5.15. The number of hydrogen-bond acceptors (Lipinski definition) is 4. The van der Waals surface area contributed by atoms with Crippen molar-refractivity contribution < 1.29 is 9.53 Å². The lowest BCUT2D eigenvalue weighted by molar-refractivity contribution is -0.146. The number of hydrogen-bond donors (Lipinski definition) is 1. The van der Waals surface area contributed by atoms with Gasteiger partial charge < -0.3 is 15.4 Å². The Morgan fingerprint density at radius 3 is 2.62 bits per heavy atom. The first-order chi connectivity index (χ1) is 7.36. The molecule has 0 amide bonds. The standard InChI is InChI=1S/C12H24N2O2/c1-9-7-10(2)14(8-9)6-5-12(3,13)11(15)16-4/h9-10H,5-8,13H2,1-4H3. The van der Waals surface area contributed by atoms with E-state index in [9.17, 15) is 4.79 Å². The van der Waals surface area contributed by atoms with Crippen LogP contribution < -0.4 is 5.73 Å². The van der Waals surface area contributed by atoms with Crippen LogP contribution in [0.15, 0.2) is 0 Å². The Kier molecular flexibility index (Phi) is 4.33. The van der Waals surface area contributed by atoms with Gasteiger partial charge in [0.1, 0.15) is 5.54 Å². The molecule has 1 rings (SSSR count). The smallest absolute Gasteiger partial charge is 0.325 e. The molecule has 1 saturated heterocycles. The molecule has 1 fully saturated rings. The minimum absolute atomic E-state index is 0.326.